The zero-order chi connectivity index (χ0) is 10.3. The third kappa shape index (κ3) is 2.52. The normalized spacial score (nSPS) is 25.1. The number of hydrogen-bond donors (Lipinski definition) is 2. The molecule has 0 saturated heterocycles. The first kappa shape index (κ1) is 10.2. The molecule has 0 aromatic rings. The van der Waals surface area contributed by atoms with E-state index in [-0.39, 0.29) is 11.1 Å². The van der Waals surface area contributed by atoms with Gasteiger partial charge in [-0.25, -0.2) is 0 Å². The van der Waals surface area contributed by atoms with Crippen LogP contribution in [0.5, 0.6) is 0 Å². The Hall–Kier alpha value is -0.900. The van der Waals surface area contributed by atoms with Crippen molar-refractivity contribution < 1.29 is 14.5 Å². The molecule has 13 heavy (non-hydrogen) atoms. The Morgan fingerprint density at radius 1 is 1.46 bits per heavy atom. The molecule has 74 valence electrons. The fraction of sp³-hybridized carbons (Fsp3) is 0.778. The quantitative estimate of drug-likeness (QED) is 0.551. The van der Waals surface area contributed by atoms with Crippen molar-refractivity contribution in [3.63, 3.8) is 0 Å². The van der Waals surface area contributed by atoms with Crippen molar-refractivity contribution in [3.05, 3.63) is 0 Å². The lowest BCUT2D eigenvalue weighted by Gasteiger charge is -2.35. The van der Waals surface area contributed by atoms with Crippen LogP contribution in [-0.4, -0.2) is 39.6 Å². The van der Waals surface area contributed by atoms with E-state index in [1.54, 1.807) is 6.21 Å². The first-order valence-electron chi connectivity index (χ1n) is 4.37. The highest BCUT2D eigenvalue weighted by atomic mass is 16.4. The van der Waals surface area contributed by atoms with Crippen molar-refractivity contribution in [2.45, 2.75) is 38.8 Å². The zero-order valence-corrected chi connectivity index (χ0v) is 8.59. The summed E-state index contributed by atoms with van der Waals surface area (Å²) in [6, 6.07) is 0. The van der Waals surface area contributed by atoms with Crippen LogP contribution in [0.15, 0.2) is 0 Å². The topological polar surface area (TPSA) is 52.3 Å². The number of nitrogens with zero attached hydrogens (tertiary/aromatic N) is 1. The van der Waals surface area contributed by atoms with E-state index in [9.17, 15) is 4.79 Å². The van der Waals surface area contributed by atoms with Gasteiger partial charge in [0.2, 0.25) is 0 Å². The molecular weight excluding hydrogens is 168 g/mol. The number of amides is 1. The molecule has 1 rings (SSSR count). The van der Waals surface area contributed by atoms with Gasteiger partial charge in [-0.1, -0.05) is 0 Å². The highest BCUT2D eigenvalue weighted by molar-refractivity contribution is 5.71. The summed E-state index contributed by atoms with van der Waals surface area (Å²) < 4.78 is 1.34. The summed E-state index contributed by atoms with van der Waals surface area (Å²) in [4.78, 5) is 10.8. The van der Waals surface area contributed by atoms with Crippen molar-refractivity contribution in [2.75, 3.05) is 6.54 Å². The van der Waals surface area contributed by atoms with E-state index in [1.165, 1.54) is 4.58 Å². The van der Waals surface area contributed by atoms with Crippen molar-refractivity contribution in [2.24, 2.45) is 0 Å². The third-order valence-electron chi connectivity index (χ3n) is 1.95. The second-order valence-corrected chi connectivity index (χ2v) is 4.77. The fourth-order valence-corrected chi connectivity index (χ4v) is 1.93. The van der Waals surface area contributed by atoms with Gasteiger partial charge in [0.25, 0.3) is 0 Å². The first-order chi connectivity index (χ1) is 5.72. The Morgan fingerprint density at radius 2 is 2.00 bits per heavy atom. The molecule has 0 saturated carbocycles. The molecule has 1 amide bonds. The van der Waals surface area contributed by atoms with Crippen molar-refractivity contribution >= 4 is 12.3 Å². The molecule has 0 atom stereocenters. The molecule has 1 aliphatic heterocycles. The molecule has 0 aliphatic carbocycles. The van der Waals surface area contributed by atoms with E-state index in [1.807, 2.05) is 27.7 Å². The second kappa shape index (κ2) is 2.80. The number of nitrogens with one attached hydrogen (secondary N) is 1. The number of carbonyl (C=O) groups is 1. The summed E-state index contributed by atoms with van der Waals surface area (Å²) in [5.41, 5.74) is -0.434. The largest absolute Gasteiger partial charge is 0.593 e. The van der Waals surface area contributed by atoms with E-state index in [2.05, 4.69) is 5.32 Å². The van der Waals surface area contributed by atoms with Gasteiger partial charge in [-0.05, 0) is 27.7 Å². The number of hydrogen-bond acceptors (Lipinski definition) is 2. The van der Waals surface area contributed by atoms with Crippen LogP contribution in [0.3, 0.4) is 0 Å². The Kier molecular flexibility index (Phi) is 2.20. The summed E-state index contributed by atoms with van der Waals surface area (Å²) in [6.07, 6.45) is 0.822. The maximum atomic E-state index is 10.8. The van der Waals surface area contributed by atoms with Gasteiger partial charge in [0, 0.05) is 0 Å². The minimum absolute atomic E-state index is 0.170. The van der Waals surface area contributed by atoms with Gasteiger partial charge < -0.3 is 5.11 Å². The van der Waals surface area contributed by atoms with Gasteiger partial charge >= 0.3 is 6.09 Å². The molecule has 0 aromatic heterocycles. The molecule has 0 unspecified atom stereocenters. The van der Waals surface area contributed by atoms with Gasteiger partial charge in [-0.3, -0.25) is 5.32 Å². The lowest BCUT2D eigenvalue weighted by Crippen LogP contribution is -2.62. The summed E-state index contributed by atoms with van der Waals surface area (Å²) >= 11 is 0. The van der Waals surface area contributed by atoms with Gasteiger partial charge in [0.1, 0.15) is 0 Å². The highest BCUT2D eigenvalue weighted by Gasteiger charge is 2.40. The zero-order valence-electron chi connectivity index (χ0n) is 8.59. The molecule has 0 radical (unpaired) electrons. The summed E-state index contributed by atoms with van der Waals surface area (Å²) in [5.74, 6) is 0. The van der Waals surface area contributed by atoms with Crippen LogP contribution in [-0.2, 0) is 0 Å². The molecule has 4 heteroatoms. The minimum Gasteiger partial charge on any atom is -0.427 e. The fourth-order valence-electron chi connectivity index (χ4n) is 1.93. The van der Waals surface area contributed by atoms with Gasteiger partial charge in [-0.15, -0.1) is 4.58 Å². The van der Waals surface area contributed by atoms with Crippen LogP contribution in [0, 0.1) is 0 Å². The van der Waals surface area contributed by atoms with Crippen LogP contribution in [0.2, 0.25) is 0 Å². The minimum atomic E-state index is -0.886. The Morgan fingerprint density at radius 3 is 2.38 bits per heavy atom. The summed E-state index contributed by atoms with van der Waals surface area (Å²) in [7, 11) is 0. The molecule has 0 spiro atoms. The average molecular weight is 185 g/mol. The molecule has 1 heterocycles. The Bertz CT molecular complexity index is 267. The predicted molar refractivity (Wildman–Crippen MR) is 50.5 cm³/mol. The third-order valence-corrected chi connectivity index (χ3v) is 1.95. The lowest BCUT2D eigenvalue weighted by atomic mass is 9.95. The standard InChI is InChI=1S/C9H16N2O2/c1-8(2)5-11(7(12)13)6-9(3,4)10-8/h5,10H,6H2,1-4H3/p+1. The second-order valence-electron chi connectivity index (χ2n) is 4.77. The molecular formula is C9H17N2O2+. The van der Waals surface area contributed by atoms with Gasteiger partial charge in [0.05, 0.1) is 11.1 Å². The molecule has 0 bridgehead atoms. The SMILES string of the molecule is CC1(C)C=[N+](C(=O)O)CC(C)(C)N1. The van der Waals surface area contributed by atoms with Crippen LogP contribution < -0.4 is 5.32 Å². The number of carboxylic acid groups (broad SMARTS) is 1. The summed E-state index contributed by atoms with van der Waals surface area (Å²) in [6.45, 7) is 8.41. The number of rotatable bonds is 0. The monoisotopic (exact) mass is 185 g/mol. The molecule has 2 N–H and O–H groups in total. The molecule has 0 fully saturated rings. The van der Waals surface area contributed by atoms with E-state index >= 15 is 0 Å². The molecule has 1 aliphatic rings. The van der Waals surface area contributed by atoms with E-state index in [4.69, 9.17) is 5.11 Å². The highest BCUT2D eigenvalue weighted by Crippen LogP contribution is 2.14. The average Bonchev–Trinajstić information content (AvgIpc) is 1.79. The lowest BCUT2D eigenvalue weighted by molar-refractivity contribution is -0.459. The van der Waals surface area contributed by atoms with Crippen LogP contribution in [0.25, 0.3) is 0 Å². The Labute approximate surface area is 78.3 Å². The molecule has 0 aromatic carbocycles. The van der Waals surface area contributed by atoms with E-state index in [0.717, 1.165) is 0 Å². The van der Waals surface area contributed by atoms with E-state index in [0.29, 0.717) is 6.54 Å². The van der Waals surface area contributed by atoms with Crippen LogP contribution >= 0.6 is 0 Å². The Balaban J connectivity index is 2.99. The van der Waals surface area contributed by atoms with Crippen molar-refractivity contribution in [3.8, 4) is 0 Å². The molecule has 4 nitrogen and oxygen atoms in total. The first-order valence-corrected chi connectivity index (χ1v) is 4.37. The van der Waals surface area contributed by atoms with Gasteiger partial charge in [0.15, 0.2) is 12.8 Å². The smallest absolute Gasteiger partial charge is 0.427 e. The predicted octanol–water partition coefficient (Wildman–Crippen LogP) is 0.908. The maximum absolute atomic E-state index is 10.8. The van der Waals surface area contributed by atoms with Crippen LogP contribution in [0.1, 0.15) is 27.7 Å². The maximum Gasteiger partial charge on any atom is 0.593 e. The van der Waals surface area contributed by atoms with Gasteiger partial charge in [-0.2, -0.15) is 4.79 Å². The van der Waals surface area contributed by atoms with Crippen LogP contribution in [0.4, 0.5) is 4.79 Å². The van der Waals surface area contributed by atoms with Crippen molar-refractivity contribution in [1.29, 1.82) is 0 Å². The van der Waals surface area contributed by atoms with E-state index < -0.39 is 6.09 Å². The van der Waals surface area contributed by atoms with Crippen molar-refractivity contribution in [1.82, 2.24) is 5.32 Å². The summed E-state index contributed by atoms with van der Waals surface area (Å²) in [5, 5.41) is 12.2.